The van der Waals surface area contributed by atoms with E-state index in [4.69, 9.17) is 4.99 Å². The number of aliphatic imine (C=N–C) groups is 2. The quantitative estimate of drug-likeness (QED) is 0.252. The number of benzene rings is 1. The van der Waals surface area contributed by atoms with Crippen LogP contribution in [0.3, 0.4) is 0 Å². The van der Waals surface area contributed by atoms with Crippen molar-refractivity contribution in [3.05, 3.63) is 29.3 Å². The van der Waals surface area contributed by atoms with Crippen LogP contribution in [-0.2, 0) is 30.7 Å². The fourth-order valence-electron chi connectivity index (χ4n) is 5.14. The zero-order valence-corrected chi connectivity index (χ0v) is 28.4. The van der Waals surface area contributed by atoms with Gasteiger partial charge in [-0.05, 0) is 38.4 Å². The van der Waals surface area contributed by atoms with Gasteiger partial charge < -0.3 is 15.3 Å². The Morgan fingerprint density at radius 3 is 2.66 bits per heavy atom. The summed E-state index contributed by atoms with van der Waals surface area (Å²) in [6.07, 6.45) is 3.66. The molecule has 3 aliphatic rings. The molecule has 0 aromatic heterocycles. The van der Waals surface area contributed by atoms with Crippen molar-refractivity contribution in [2.24, 2.45) is 15.4 Å². The molecule has 0 amide bonds. The van der Waals surface area contributed by atoms with Gasteiger partial charge in [-0.3, -0.25) is 14.9 Å². The molecule has 0 spiro atoms. The first-order valence-electron chi connectivity index (χ1n) is 13.0. The summed E-state index contributed by atoms with van der Waals surface area (Å²) in [7, 11) is 2.05. The molecule has 38 heavy (non-hydrogen) atoms. The number of aliphatic carboxylic acids is 1. The summed E-state index contributed by atoms with van der Waals surface area (Å²) < 4.78 is 0. The standard InChI is InChI=1S/C27H39N3O4S3.Zn/c1-6-7-8-10-16-11-9-12-19(31)20(16)22-28-17(13-35-22)23-30(5)18(14-36-23)21(32)26(2,3)24-29-27(4,15-37-24)25(33)34;/h9,11-12,17-18,21,23,31-32H,6-8,10,13-15H2,1-5H3,(H,33,34);. The van der Waals surface area contributed by atoms with Crippen LogP contribution in [0.2, 0.25) is 0 Å². The summed E-state index contributed by atoms with van der Waals surface area (Å²) in [6.45, 7) is 7.75. The first-order chi connectivity index (χ1) is 17.5. The Hall–Kier alpha value is -0.577. The van der Waals surface area contributed by atoms with Gasteiger partial charge in [0, 0.05) is 48.2 Å². The van der Waals surface area contributed by atoms with Gasteiger partial charge in [0.25, 0.3) is 0 Å². The van der Waals surface area contributed by atoms with E-state index in [0.29, 0.717) is 16.5 Å². The number of hydrogen-bond acceptors (Lipinski definition) is 9. The summed E-state index contributed by atoms with van der Waals surface area (Å²) in [4.78, 5) is 23.5. The third-order valence-corrected chi connectivity index (χ3v) is 11.9. The van der Waals surface area contributed by atoms with Gasteiger partial charge in [0.15, 0.2) is 5.54 Å². The van der Waals surface area contributed by atoms with Crippen LogP contribution in [0.5, 0.6) is 5.75 Å². The molecule has 3 N–H and O–H groups in total. The van der Waals surface area contributed by atoms with Crippen molar-refractivity contribution < 1.29 is 39.6 Å². The number of nitrogens with zero attached hydrogens (tertiary/aromatic N) is 3. The fourth-order valence-corrected chi connectivity index (χ4v) is 9.39. The largest absolute Gasteiger partial charge is 0.507 e. The van der Waals surface area contributed by atoms with E-state index < -0.39 is 23.0 Å². The number of aliphatic hydroxyl groups is 1. The van der Waals surface area contributed by atoms with Crippen LogP contribution in [-0.4, -0.2) is 89.7 Å². The SMILES string of the molecule is CCCCCc1cccc(O)c1C1=NC(C2SCC(C(O)C(C)(C)C3=NC(C)(C(=O)O)CS3)N2C)CS1.[Zn]. The van der Waals surface area contributed by atoms with Gasteiger partial charge in [-0.15, -0.1) is 35.3 Å². The Morgan fingerprint density at radius 2 is 2.00 bits per heavy atom. The van der Waals surface area contributed by atoms with Crippen LogP contribution in [0.25, 0.3) is 0 Å². The first-order valence-corrected chi connectivity index (χ1v) is 16.0. The van der Waals surface area contributed by atoms with Gasteiger partial charge >= 0.3 is 5.97 Å². The minimum atomic E-state index is -1.14. The molecule has 3 heterocycles. The number of unbranched alkanes of at least 4 members (excludes halogenated alkanes) is 2. The molecule has 0 saturated carbocycles. The molecule has 11 heteroatoms. The second kappa shape index (κ2) is 12.9. The molecule has 1 saturated heterocycles. The van der Waals surface area contributed by atoms with E-state index in [2.05, 4.69) is 22.9 Å². The van der Waals surface area contributed by atoms with Crippen LogP contribution in [0.4, 0.5) is 0 Å². The predicted octanol–water partition coefficient (Wildman–Crippen LogP) is 4.73. The number of rotatable bonds is 10. The Kier molecular flexibility index (Phi) is 10.9. The molecule has 7 nitrogen and oxygen atoms in total. The van der Waals surface area contributed by atoms with Crippen molar-refractivity contribution in [3.8, 4) is 5.75 Å². The van der Waals surface area contributed by atoms with E-state index in [-0.39, 0.29) is 36.9 Å². The second-order valence-electron chi connectivity index (χ2n) is 11.0. The number of phenolic OH excluding ortho intramolecular Hbond substituents is 1. The number of aryl methyl sites for hydroxylation is 1. The van der Waals surface area contributed by atoms with Gasteiger partial charge in [0.2, 0.25) is 0 Å². The Balaban J connectivity index is 0.00000400. The molecule has 5 unspecified atom stereocenters. The first kappa shape index (κ1) is 31.9. The van der Waals surface area contributed by atoms with Gasteiger partial charge in [-0.2, -0.15) is 0 Å². The smallest absolute Gasteiger partial charge is 0.332 e. The molecule has 1 aromatic rings. The van der Waals surface area contributed by atoms with E-state index in [0.717, 1.165) is 46.9 Å². The Bertz CT molecular complexity index is 1090. The number of hydrogen-bond donors (Lipinski definition) is 3. The van der Waals surface area contributed by atoms with E-state index >= 15 is 0 Å². The predicted molar refractivity (Wildman–Crippen MR) is 158 cm³/mol. The summed E-state index contributed by atoms with van der Waals surface area (Å²) in [5, 5.41) is 33.5. The molecule has 1 fully saturated rings. The number of thioether (sulfide) groups is 3. The minimum absolute atomic E-state index is 0. The maximum Gasteiger partial charge on any atom is 0.332 e. The summed E-state index contributed by atoms with van der Waals surface area (Å²) in [5.41, 5.74) is 0.243. The molecule has 0 radical (unpaired) electrons. The number of aliphatic hydroxyl groups excluding tert-OH is 1. The average Bonchev–Trinajstić information content (AvgIpc) is 3.58. The number of aromatic hydroxyl groups is 1. The molecule has 206 valence electrons. The van der Waals surface area contributed by atoms with Gasteiger partial charge in [-0.1, -0.05) is 45.7 Å². The summed E-state index contributed by atoms with van der Waals surface area (Å²) in [6, 6.07) is 5.73. The van der Waals surface area contributed by atoms with Crippen LogP contribution in [0, 0.1) is 5.41 Å². The fraction of sp³-hybridized carbons (Fsp3) is 0.667. The molecule has 1 aromatic carbocycles. The molecule has 3 aliphatic heterocycles. The summed E-state index contributed by atoms with van der Waals surface area (Å²) in [5.74, 6) is 1.36. The van der Waals surface area contributed by atoms with E-state index in [9.17, 15) is 20.1 Å². The van der Waals surface area contributed by atoms with Crippen molar-refractivity contribution in [1.82, 2.24) is 4.90 Å². The van der Waals surface area contributed by atoms with Gasteiger partial charge in [0.1, 0.15) is 10.8 Å². The number of carbonyl (C=O) groups is 1. The second-order valence-corrected chi connectivity index (χ2v) is 14.1. The third kappa shape index (κ3) is 6.33. The minimum Gasteiger partial charge on any atom is -0.507 e. The Labute approximate surface area is 251 Å². The van der Waals surface area contributed by atoms with E-state index in [1.54, 1.807) is 24.8 Å². The van der Waals surface area contributed by atoms with Crippen molar-refractivity contribution in [1.29, 1.82) is 0 Å². The van der Waals surface area contributed by atoms with Crippen LogP contribution < -0.4 is 0 Å². The Morgan fingerprint density at radius 1 is 1.26 bits per heavy atom. The van der Waals surface area contributed by atoms with E-state index in [1.807, 2.05) is 38.7 Å². The normalized spacial score (nSPS) is 28.6. The van der Waals surface area contributed by atoms with Crippen molar-refractivity contribution >= 4 is 51.3 Å². The van der Waals surface area contributed by atoms with Crippen molar-refractivity contribution in [2.75, 3.05) is 24.3 Å². The zero-order valence-electron chi connectivity index (χ0n) is 23.0. The average molecular weight is 631 g/mol. The molecule has 0 aliphatic carbocycles. The number of carboxylic acid groups (broad SMARTS) is 1. The van der Waals surface area contributed by atoms with E-state index in [1.165, 1.54) is 18.2 Å². The topological polar surface area (TPSA) is 106 Å². The van der Waals surface area contributed by atoms with Crippen LogP contribution in [0.1, 0.15) is 58.1 Å². The maximum absolute atomic E-state index is 11.7. The molecular formula is C27H39N3O4S3Zn. The van der Waals surface area contributed by atoms with Crippen molar-refractivity contribution in [2.45, 2.75) is 82.5 Å². The number of phenols is 1. The maximum atomic E-state index is 11.7. The van der Waals surface area contributed by atoms with Crippen LogP contribution in [0.15, 0.2) is 28.2 Å². The van der Waals surface area contributed by atoms with Crippen molar-refractivity contribution in [3.63, 3.8) is 0 Å². The zero-order chi connectivity index (χ0) is 27.0. The van der Waals surface area contributed by atoms with Crippen LogP contribution >= 0.6 is 35.3 Å². The monoisotopic (exact) mass is 629 g/mol. The molecule has 4 rings (SSSR count). The molecular weight excluding hydrogens is 592 g/mol. The molecule has 0 bridgehead atoms. The number of likely N-dealkylation sites (N-methyl/N-ethyl adjacent to an activating group) is 1. The summed E-state index contributed by atoms with van der Waals surface area (Å²) >= 11 is 4.96. The van der Waals surface area contributed by atoms with Gasteiger partial charge in [-0.25, -0.2) is 4.79 Å². The molecule has 5 atom stereocenters. The number of carboxylic acids is 1. The third-order valence-electron chi connectivity index (χ3n) is 7.71. The van der Waals surface area contributed by atoms with Gasteiger partial charge in [0.05, 0.1) is 28.1 Å².